The van der Waals surface area contributed by atoms with Crippen LogP contribution in [0.15, 0.2) is 23.0 Å². The summed E-state index contributed by atoms with van der Waals surface area (Å²) in [5.74, 6) is -0.284. The zero-order valence-corrected chi connectivity index (χ0v) is 16.8. The van der Waals surface area contributed by atoms with Gasteiger partial charge in [-0.3, -0.25) is 19.0 Å². The van der Waals surface area contributed by atoms with Gasteiger partial charge in [0.25, 0.3) is 5.56 Å². The van der Waals surface area contributed by atoms with Crippen molar-refractivity contribution in [3.05, 3.63) is 34.2 Å². The van der Waals surface area contributed by atoms with E-state index in [9.17, 15) is 19.2 Å². The molecule has 1 N–H and O–H groups in total. The largest absolute Gasteiger partial charge is 0.353 e. The van der Waals surface area contributed by atoms with Crippen LogP contribution in [0.5, 0.6) is 0 Å². The second kappa shape index (κ2) is 7.53. The highest BCUT2D eigenvalue weighted by atomic mass is 16.2. The molecule has 9 heteroatoms. The number of hydrogen-bond donors (Lipinski definition) is 1. The molecule has 4 amide bonds. The quantitative estimate of drug-likeness (QED) is 0.758. The predicted octanol–water partition coefficient (Wildman–Crippen LogP) is -0.161. The molecular weight excluding hydrogens is 374 g/mol. The molecule has 0 radical (unpaired) electrons. The number of nitrogens with one attached hydrogen (secondary N) is 1. The molecular formula is C20H27N5O4. The molecule has 0 unspecified atom stereocenters. The molecule has 3 aliphatic heterocycles. The standard InChI is InChI=1S/C20H27N5O4/c1-13(26)24-11-14-10-15(12-24)18(25-16(14)4-3-5-17(25)27)19(28)21-6-7-23-9-8-22(2)20(23)29/h3-5,14-15,18H,6-12H2,1-2H3,(H,21,28)/t14-,15+,18-/m1/s1. The number of urea groups is 1. The Morgan fingerprint density at radius 1 is 1.17 bits per heavy atom. The zero-order valence-electron chi connectivity index (χ0n) is 16.8. The van der Waals surface area contributed by atoms with Crippen molar-refractivity contribution in [2.45, 2.75) is 25.3 Å². The highest BCUT2D eigenvalue weighted by Gasteiger charge is 2.44. The summed E-state index contributed by atoms with van der Waals surface area (Å²) in [4.78, 5) is 54.8. The van der Waals surface area contributed by atoms with Crippen LogP contribution in [0.4, 0.5) is 4.79 Å². The lowest BCUT2D eigenvalue weighted by atomic mass is 9.78. The minimum absolute atomic E-state index is 0.0118. The fourth-order valence-corrected chi connectivity index (χ4v) is 4.86. The van der Waals surface area contributed by atoms with Gasteiger partial charge < -0.3 is 20.0 Å². The molecule has 2 saturated heterocycles. The van der Waals surface area contributed by atoms with Crippen molar-refractivity contribution < 1.29 is 14.4 Å². The molecule has 29 heavy (non-hydrogen) atoms. The van der Waals surface area contributed by atoms with Crippen molar-refractivity contribution in [2.75, 3.05) is 46.3 Å². The number of amides is 4. The van der Waals surface area contributed by atoms with Gasteiger partial charge in [-0.15, -0.1) is 0 Å². The Morgan fingerprint density at radius 2 is 1.97 bits per heavy atom. The molecule has 3 aliphatic rings. The van der Waals surface area contributed by atoms with E-state index in [4.69, 9.17) is 0 Å². The number of pyridine rings is 1. The Labute approximate surface area is 169 Å². The summed E-state index contributed by atoms with van der Waals surface area (Å²) in [6.45, 7) is 4.69. The summed E-state index contributed by atoms with van der Waals surface area (Å²) in [5, 5.41) is 2.92. The molecule has 4 heterocycles. The summed E-state index contributed by atoms with van der Waals surface area (Å²) < 4.78 is 1.61. The molecule has 0 aromatic carbocycles. The maximum atomic E-state index is 13.1. The van der Waals surface area contributed by atoms with E-state index < -0.39 is 6.04 Å². The summed E-state index contributed by atoms with van der Waals surface area (Å²) in [6.07, 6.45) is 0.778. The van der Waals surface area contributed by atoms with Crippen LogP contribution in [0.2, 0.25) is 0 Å². The fourth-order valence-electron chi connectivity index (χ4n) is 4.86. The average Bonchev–Trinajstić information content (AvgIpc) is 3.01. The maximum absolute atomic E-state index is 13.1. The van der Waals surface area contributed by atoms with Crippen molar-refractivity contribution in [3.8, 4) is 0 Å². The molecule has 1 aromatic rings. The van der Waals surface area contributed by atoms with Crippen molar-refractivity contribution >= 4 is 17.8 Å². The number of carbonyl (C=O) groups excluding carboxylic acids is 3. The number of aromatic nitrogens is 1. The van der Waals surface area contributed by atoms with Crippen LogP contribution in [-0.2, 0) is 9.59 Å². The first-order chi connectivity index (χ1) is 13.9. The molecule has 9 nitrogen and oxygen atoms in total. The smallest absolute Gasteiger partial charge is 0.319 e. The summed E-state index contributed by atoms with van der Waals surface area (Å²) in [7, 11) is 1.76. The van der Waals surface area contributed by atoms with E-state index in [1.54, 1.807) is 32.4 Å². The Balaban J connectivity index is 1.53. The van der Waals surface area contributed by atoms with Gasteiger partial charge in [0.2, 0.25) is 11.8 Å². The van der Waals surface area contributed by atoms with Crippen molar-refractivity contribution in [2.24, 2.45) is 5.92 Å². The summed E-state index contributed by atoms with van der Waals surface area (Å²) in [6, 6.07) is 4.39. The molecule has 2 fully saturated rings. The molecule has 3 atom stereocenters. The third-order valence-corrected chi connectivity index (χ3v) is 6.34. The maximum Gasteiger partial charge on any atom is 0.319 e. The third kappa shape index (κ3) is 3.49. The van der Waals surface area contributed by atoms with Gasteiger partial charge in [0.1, 0.15) is 6.04 Å². The average molecular weight is 401 g/mol. The monoisotopic (exact) mass is 401 g/mol. The first kappa shape index (κ1) is 19.5. The van der Waals surface area contributed by atoms with Crippen LogP contribution < -0.4 is 10.9 Å². The first-order valence-electron chi connectivity index (χ1n) is 10.1. The number of carbonyl (C=O) groups is 3. The van der Waals surface area contributed by atoms with Gasteiger partial charge in [-0.2, -0.15) is 0 Å². The lowest BCUT2D eigenvalue weighted by Crippen LogP contribution is -2.54. The highest BCUT2D eigenvalue weighted by molar-refractivity contribution is 5.82. The molecule has 4 rings (SSSR count). The highest BCUT2D eigenvalue weighted by Crippen LogP contribution is 2.41. The molecule has 1 aromatic heterocycles. The van der Waals surface area contributed by atoms with Crippen LogP contribution in [0.1, 0.15) is 31.0 Å². The number of rotatable bonds is 4. The minimum atomic E-state index is -0.644. The van der Waals surface area contributed by atoms with Crippen molar-refractivity contribution in [1.29, 1.82) is 0 Å². The van der Waals surface area contributed by atoms with Crippen LogP contribution in [-0.4, -0.2) is 83.4 Å². The van der Waals surface area contributed by atoms with Crippen LogP contribution in [0, 0.1) is 5.92 Å². The number of fused-ring (bicyclic) bond motifs is 4. The number of likely N-dealkylation sites (N-methyl/N-ethyl adjacent to an activating group) is 1. The number of piperidine rings is 1. The van der Waals surface area contributed by atoms with Gasteiger partial charge in [-0.05, 0) is 12.5 Å². The van der Waals surface area contributed by atoms with Gasteiger partial charge >= 0.3 is 6.03 Å². The zero-order chi connectivity index (χ0) is 20.7. The van der Waals surface area contributed by atoms with Gasteiger partial charge in [0.05, 0.1) is 0 Å². The molecule has 156 valence electrons. The van der Waals surface area contributed by atoms with E-state index in [0.29, 0.717) is 39.3 Å². The number of hydrogen-bond acceptors (Lipinski definition) is 4. The van der Waals surface area contributed by atoms with Crippen LogP contribution in [0.3, 0.4) is 0 Å². The van der Waals surface area contributed by atoms with E-state index in [0.717, 1.165) is 12.1 Å². The topological polar surface area (TPSA) is 95.0 Å². The van der Waals surface area contributed by atoms with Gasteiger partial charge in [-0.1, -0.05) is 6.07 Å². The SMILES string of the molecule is CC(=O)N1C[C@H]2C[C@@H](C1)[C@H](C(=O)NCCN1CCN(C)C1=O)n1c2cccc1=O. The van der Waals surface area contributed by atoms with E-state index in [1.165, 1.54) is 13.0 Å². The second-order valence-electron chi connectivity index (χ2n) is 8.20. The Kier molecular flexibility index (Phi) is 5.06. The number of nitrogens with zero attached hydrogens (tertiary/aromatic N) is 4. The van der Waals surface area contributed by atoms with Crippen LogP contribution >= 0.6 is 0 Å². The van der Waals surface area contributed by atoms with E-state index in [1.807, 2.05) is 6.07 Å². The second-order valence-corrected chi connectivity index (χ2v) is 8.20. The van der Waals surface area contributed by atoms with Gasteiger partial charge in [0.15, 0.2) is 0 Å². The lowest BCUT2D eigenvalue weighted by molar-refractivity contribution is -0.135. The number of likely N-dealkylation sites (tertiary alicyclic amines) is 1. The van der Waals surface area contributed by atoms with E-state index in [-0.39, 0.29) is 35.2 Å². The lowest BCUT2D eigenvalue weighted by Gasteiger charge is -2.46. The van der Waals surface area contributed by atoms with E-state index >= 15 is 0 Å². The summed E-state index contributed by atoms with van der Waals surface area (Å²) >= 11 is 0. The predicted molar refractivity (Wildman–Crippen MR) is 105 cm³/mol. The van der Waals surface area contributed by atoms with Gasteiger partial charge in [0, 0.05) is 76.8 Å². The minimum Gasteiger partial charge on any atom is -0.353 e. The molecule has 0 aliphatic carbocycles. The van der Waals surface area contributed by atoms with E-state index in [2.05, 4.69) is 5.32 Å². The van der Waals surface area contributed by atoms with Crippen molar-refractivity contribution in [3.63, 3.8) is 0 Å². The molecule has 2 bridgehead atoms. The van der Waals surface area contributed by atoms with Crippen LogP contribution in [0.25, 0.3) is 0 Å². The Hall–Kier alpha value is -2.84. The Bertz CT molecular complexity index is 897. The molecule has 0 spiro atoms. The third-order valence-electron chi connectivity index (χ3n) is 6.34. The fraction of sp³-hybridized carbons (Fsp3) is 0.600. The van der Waals surface area contributed by atoms with Crippen molar-refractivity contribution in [1.82, 2.24) is 24.6 Å². The Morgan fingerprint density at radius 3 is 2.66 bits per heavy atom. The first-order valence-corrected chi connectivity index (χ1v) is 10.1. The normalized spacial score (nSPS) is 25.8. The van der Waals surface area contributed by atoms with Gasteiger partial charge in [-0.25, -0.2) is 4.79 Å². The summed E-state index contributed by atoms with van der Waals surface area (Å²) in [5.41, 5.74) is 0.626. The molecule has 0 saturated carbocycles.